The zero-order valence-electron chi connectivity index (χ0n) is 10.3. The number of carbonyl (C=O) groups excluding carboxylic acids is 2. The number of amides is 2. The summed E-state index contributed by atoms with van der Waals surface area (Å²) in [6.07, 6.45) is 5.43. The SMILES string of the molecule is CC(C)c1cccnc1.O=C1CCCC(=O)N1. The summed E-state index contributed by atoms with van der Waals surface area (Å²) in [5, 5.41) is 2.20. The quantitative estimate of drug-likeness (QED) is 0.756. The molecular weight excluding hydrogens is 216 g/mol. The van der Waals surface area contributed by atoms with Crippen LogP contribution in [-0.4, -0.2) is 16.8 Å². The zero-order chi connectivity index (χ0) is 12.7. The second-order valence-electron chi connectivity index (χ2n) is 4.27. The van der Waals surface area contributed by atoms with Gasteiger partial charge in [-0.05, 0) is 24.0 Å². The van der Waals surface area contributed by atoms with Crippen LogP contribution in [0.3, 0.4) is 0 Å². The number of piperidine rings is 1. The van der Waals surface area contributed by atoms with Crippen LogP contribution in [0.4, 0.5) is 0 Å². The smallest absolute Gasteiger partial charge is 0.226 e. The average Bonchev–Trinajstić information content (AvgIpc) is 2.30. The van der Waals surface area contributed by atoms with Gasteiger partial charge in [0.05, 0.1) is 0 Å². The Bertz CT molecular complexity index is 360. The van der Waals surface area contributed by atoms with E-state index in [1.807, 2.05) is 12.3 Å². The molecule has 1 fully saturated rings. The first kappa shape index (κ1) is 13.4. The molecule has 0 unspecified atom stereocenters. The molecule has 0 radical (unpaired) electrons. The summed E-state index contributed by atoms with van der Waals surface area (Å²) in [5.74, 6) is 0.321. The molecule has 0 saturated carbocycles. The summed E-state index contributed by atoms with van der Waals surface area (Å²) in [7, 11) is 0. The van der Waals surface area contributed by atoms with Crippen molar-refractivity contribution in [2.24, 2.45) is 0 Å². The van der Waals surface area contributed by atoms with Crippen molar-refractivity contribution in [3.8, 4) is 0 Å². The van der Waals surface area contributed by atoms with Crippen LogP contribution in [0.2, 0.25) is 0 Å². The summed E-state index contributed by atoms with van der Waals surface area (Å²) >= 11 is 0. The summed E-state index contributed by atoms with van der Waals surface area (Å²) in [6.45, 7) is 4.33. The minimum atomic E-state index is -0.138. The number of pyridine rings is 1. The Morgan fingerprint density at radius 3 is 2.18 bits per heavy atom. The highest BCUT2D eigenvalue weighted by Gasteiger charge is 2.12. The third-order valence-electron chi connectivity index (χ3n) is 2.44. The lowest BCUT2D eigenvalue weighted by atomic mass is 10.1. The maximum atomic E-state index is 10.3. The van der Waals surface area contributed by atoms with Crippen LogP contribution < -0.4 is 5.32 Å². The first-order valence-electron chi connectivity index (χ1n) is 5.82. The lowest BCUT2D eigenvalue weighted by Gasteiger charge is -2.07. The van der Waals surface area contributed by atoms with Gasteiger partial charge >= 0.3 is 0 Å². The second-order valence-corrected chi connectivity index (χ2v) is 4.27. The van der Waals surface area contributed by atoms with Crippen molar-refractivity contribution in [2.45, 2.75) is 39.0 Å². The van der Waals surface area contributed by atoms with Crippen LogP contribution in [-0.2, 0) is 9.59 Å². The van der Waals surface area contributed by atoms with Crippen LogP contribution in [0.5, 0.6) is 0 Å². The van der Waals surface area contributed by atoms with Crippen LogP contribution >= 0.6 is 0 Å². The van der Waals surface area contributed by atoms with E-state index in [4.69, 9.17) is 0 Å². The summed E-state index contributed by atoms with van der Waals surface area (Å²) in [5.41, 5.74) is 1.30. The first-order valence-corrected chi connectivity index (χ1v) is 5.82. The van der Waals surface area contributed by atoms with Crippen LogP contribution in [0.25, 0.3) is 0 Å². The molecule has 92 valence electrons. The highest BCUT2D eigenvalue weighted by Crippen LogP contribution is 2.10. The van der Waals surface area contributed by atoms with Crippen molar-refractivity contribution in [1.82, 2.24) is 10.3 Å². The number of rotatable bonds is 1. The predicted octanol–water partition coefficient (Wildman–Crippen LogP) is 2.02. The fourth-order valence-electron chi connectivity index (χ4n) is 1.41. The molecule has 4 nitrogen and oxygen atoms in total. The highest BCUT2D eigenvalue weighted by molar-refractivity contribution is 5.97. The van der Waals surface area contributed by atoms with E-state index in [0.29, 0.717) is 25.2 Å². The van der Waals surface area contributed by atoms with Crippen molar-refractivity contribution in [1.29, 1.82) is 0 Å². The molecule has 0 atom stereocenters. The van der Waals surface area contributed by atoms with Crippen molar-refractivity contribution in [3.05, 3.63) is 30.1 Å². The number of hydrogen-bond donors (Lipinski definition) is 1. The molecule has 0 spiro atoms. The molecule has 4 heteroatoms. The van der Waals surface area contributed by atoms with E-state index in [1.54, 1.807) is 6.20 Å². The summed E-state index contributed by atoms with van der Waals surface area (Å²) in [4.78, 5) is 24.7. The standard InChI is InChI=1S/C8H11N.C5H7NO2/c1-7(2)8-4-3-5-9-6-8;7-4-2-1-3-5(8)6-4/h3-7H,1-2H3;1-3H2,(H,6,7,8). The Morgan fingerprint density at radius 1 is 1.24 bits per heavy atom. The first-order chi connectivity index (χ1) is 8.09. The minimum Gasteiger partial charge on any atom is -0.296 e. The number of aromatic nitrogens is 1. The van der Waals surface area contributed by atoms with Crippen LogP contribution in [0.15, 0.2) is 24.5 Å². The topological polar surface area (TPSA) is 59.1 Å². The average molecular weight is 234 g/mol. The molecule has 17 heavy (non-hydrogen) atoms. The maximum absolute atomic E-state index is 10.3. The maximum Gasteiger partial charge on any atom is 0.226 e. The van der Waals surface area contributed by atoms with Gasteiger partial charge in [-0.2, -0.15) is 0 Å². The van der Waals surface area contributed by atoms with Crippen LogP contribution in [0, 0.1) is 0 Å². The van der Waals surface area contributed by atoms with E-state index in [9.17, 15) is 9.59 Å². The van der Waals surface area contributed by atoms with Gasteiger partial charge in [0.15, 0.2) is 0 Å². The Balaban J connectivity index is 0.000000171. The van der Waals surface area contributed by atoms with E-state index >= 15 is 0 Å². The van der Waals surface area contributed by atoms with Gasteiger partial charge in [-0.1, -0.05) is 19.9 Å². The van der Waals surface area contributed by atoms with Gasteiger partial charge in [-0.3, -0.25) is 19.9 Å². The van der Waals surface area contributed by atoms with Gasteiger partial charge in [0.2, 0.25) is 11.8 Å². The van der Waals surface area contributed by atoms with Gasteiger partial charge in [0.25, 0.3) is 0 Å². The van der Waals surface area contributed by atoms with Crippen LogP contribution in [0.1, 0.15) is 44.6 Å². The lowest BCUT2D eigenvalue weighted by Crippen LogP contribution is -2.33. The molecule has 1 N–H and O–H groups in total. The number of hydrogen-bond acceptors (Lipinski definition) is 3. The molecule has 1 aromatic rings. The number of imide groups is 1. The van der Waals surface area contributed by atoms with Crippen molar-refractivity contribution in [2.75, 3.05) is 0 Å². The van der Waals surface area contributed by atoms with Gasteiger partial charge < -0.3 is 0 Å². The normalized spacial score (nSPS) is 15.0. The van der Waals surface area contributed by atoms with E-state index in [0.717, 1.165) is 0 Å². The molecular formula is C13H18N2O2. The van der Waals surface area contributed by atoms with E-state index in [2.05, 4.69) is 30.2 Å². The van der Waals surface area contributed by atoms with Gasteiger partial charge in [-0.25, -0.2) is 0 Å². The Labute approximate surface area is 101 Å². The molecule has 2 heterocycles. The third kappa shape index (κ3) is 5.24. The molecule has 1 aliphatic rings. The molecule has 2 amide bonds. The highest BCUT2D eigenvalue weighted by atomic mass is 16.2. The summed E-state index contributed by atoms with van der Waals surface area (Å²) in [6, 6.07) is 4.06. The Hall–Kier alpha value is -1.71. The van der Waals surface area contributed by atoms with Crippen molar-refractivity contribution < 1.29 is 9.59 Å². The molecule has 1 aliphatic heterocycles. The van der Waals surface area contributed by atoms with Crippen molar-refractivity contribution >= 4 is 11.8 Å². The number of nitrogens with one attached hydrogen (secondary N) is 1. The molecule has 0 aromatic carbocycles. The van der Waals surface area contributed by atoms with E-state index < -0.39 is 0 Å². The Kier molecular flexibility index (Phi) is 5.33. The molecule has 0 aliphatic carbocycles. The molecule has 0 bridgehead atoms. The lowest BCUT2D eigenvalue weighted by molar-refractivity contribution is -0.132. The third-order valence-corrected chi connectivity index (χ3v) is 2.44. The van der Waals surface area contributed by atoms with E-state index in [1.165, 1.54) is 5.56 Å². The van der Waals surface area contributed by atoms with Crippen molar-refractivity contribution in [3.63, 3.8) is 0 Å². The molecule has 1 saturated heterocycles. The van der Waals surface area contributed by atoms with Gasteiger partial charge in [-0.15, -0.1) is 0 Å². The minimum absolute atomic E-state index is 0.138. The second kappa shape index (κ2) is 6.78. The largest absolute Gasteiger partial charge is 0.296 e. The van der Waals surface area contributed by atoms with Gasteiger partial charge in [0, 0.05) is 25.2 Å². The fourth-order valence-corrected chi connectivity index (χ4v) is 1.41. The van der Waals surface area contributed by atoms with Gasteiger partial charge in [0.1, 0.15) is 0 Å². The Morgan fingerprint density at radius 2 is 1.88 bits per heavy atom. The number of carbonyl (C=O) groups is 2. The fraction of sp³-hybridized carbons (Fsp3) is 0.462. The zero-order valence-corrected chi connectivity index (χ0v) is 10.3. The predicted molar refractivity (Wildman–Crippen MR) is 65.3 cm³/mol. The molecule has 1 aromatic heterocycles. The number of nitrogens with zero attached hydrogens (tertiary/aromatic N) is 1. The molecule has 2 rings (SSSR count). The monoisotopic (exact) mass is 234 g/mol. The van der Waals surface area contributed by atoms with E-state index in [-0.39, 0.29) is 11.8 Å². The summed E-state index contributed by atoms with van der Waals surface area (Å²) < 4.78 is 0.